The van der Waals surface area contributed by atoms with Gasteiger partial charge in [-0.1, -0.05) is 26.7 Å². The van der Waals surface area contributed by atoms with E-state index in [4.69, 9.17) is 0 Å². The molecule has 0 aromatic carbocycles. The Morgan fingerprint density at radius 1 is 1.31 bits per heavy atom. The highest BCUT2D eigenvalue weighted by molar-refractivity contribution is 7.08. The van der Waals surface area contributed by atoms with Crippen molar-refractivity contribution in [3.05, 3.63) is 21.9 Å². The molecule has 1 aromatic heterocycles. The minimum atomic E-state index is 0.725. The van der Waals surface area contributed by atoms with Crippen molar-refractivity contribution in [3.8, 4) is 0 Å². The third-order valence-corrected chi connectivity index (χ3v) is 5.13. The summed E-state index contributed by atoms with van der Waals surface area (Å²) in [5.74, 6) is 1.71. The number of aryl methyl sites for hydroxylation is 1. The molecular formula is C14H23NS. The van der Waals surface area contributed by atoms with E-state index in [0.29, 0.717) is 0 Å². The Morgan fingerprint density at radius 3 is 2.81 bits per heavy atom. The molecule has 16 heavy (non-hydrogen) atoms. The molecule has 0 saturated heterocycles. The van der Waals surface area contributed by atoms with Gasteiger partial charge in [0, 0.05) is 12.6 Å². The maximum absolute atomic E-state index is 3.75. The average Bonchev–Trinajstić information content (AvgIpc) is 2.67. The van der Waals surface area contributed by atoms with Crippen LogP contribution in [0.25, 0.3) is 0 Å². The van der Waals surface area contributed by atoms with E-state index in [9.17, 15) is 0 Å². The molecule has 1 saturated carbocycles. The minimum Gasteiger partial charge on any atom is -0.310 e. The normalized spacial score (nSPS) is 30.6. The van der Waals surface area contributed by atoms with Gasteiger partial charge in [0.25, 0.3) is 0 Å². The topological polar surface area (TPSA) is 12.0 Å². The lowest BCUT2D eigenvalue weighted by Crippen LogP contribution is -2.40. The predicted octanol–water partition coefficient (Wildman–Crippen LogP) is 3.97. The van der Waals surface area contributed by atoms with Crippen LogP contribution in [0.4, 0.5) is 0 Å². The molecule has 1 aromatic rings. The van der Waals surface area contributed by atoms with Gasteiger partial charge >= 0.3 is 0 Å². The molecule has 0 spiro atoms. The van der Waals surface area contributed by atoms with Gasteiger partial charge in [-0.3, -0.25) is 0 Å². The molecule has 1 nitrogen and oxygen atoms in total. The van der Waals surface area contributed by atoms with Gasteiger partial charge < -0.3 is 5.32 Å². The first-order chi connectivity index (χ1) is 7.68. The van der Waals surface area contributed by atoms with Crippen LogP contribution in [0.3, 0.4) is 0 Å². The SMILES string of the molecule is Cc1cscc1CNC1CCCC(C)C1C. The Bertz CT molecular complexity index is 331. The summed E-state index contributed by atoms with van der Waals surface area (Å²) in [4.78, 5) is 0. The van der Waals surface area contributed by atoms with Crippen molar-refractivity contribution in [2.75, 3.05) is 0 Å². The monoisotopic (exact) mass is 237 g/mol. The van der Waals surface area contributed by atoms with Crippen LogP contribution < -0.4 is 5.32 Å². The fraction of sp³-hybridized carbons (Fsp3) is 0.714. The van der Waals surface area contributed by atoms with Gasteiger partial charge in [0.15, 0.2) is 0 Å². The first-order valence-electron chi connectivity index (χ1n) is 6.43. The van der Waals surface area contributed by atoms with Crippen LogP contribution in [0.1, 0.15) is 44.2 Å². The van der Waals surface area contributed by atoms with E-state index >= 15 is 0 Å². The van der Waals surface area contributed by atoms with E-state index in [1.807, 2.05) is 11.3 Å². The second kappa shape index (κ2) is 5.33. The molecule has 3 unspecified atom stereocenters. The number of hydrogen-bond acceptors (Lipinski definition) is 2. The van der Waals surface area contributed by atoms with Gasteiger partial charge in [-0.15, -0.1) is 0 Å². The molecule has 90 valence electrons. The average molecular weight is 237 g/mol. The zero-order valence-electron chi connectivity index (χ0n) is 10.6. The standard InChI is InChI=1S/C14H23NS/c1-10-5-4-6-14(12(10)3)15-7-13-9-16-8-11(13)2/h8-10,12,14-15H,4-7H2,1-3H3. The third kappa shape index (κ3) is 2.67. The van der Waals surface area contributed by atoms with Crippen molar-refractivity contribution in [2.45, 2.75) is 52.6 Å². The smallest absolute Gasteiger partial charge is 0.0219 e. The lowest BCUT2D eigenvalue weighted by atomic mass is 9.78. The summed E-state index contributed by atoms with van der Waals surface area (Å²) in [6.07, 6.45) is 4.16. The van der Waals surface area contributed by atoms with Gasteiger partial charge in [0.2, 0.25) is 0 Å². The zero-order chi connectivity index (χ0) is 11.5. The molecule has 1 aliphatic rings. The van der Waals surface area contributed by atoms with Crippen molar-refractivity contribution in [3.63, 3.8) is 0 Å². The van der Waals surface area contributed by atoms with Crippen molar-refractivity contribution >= 4 is 11.3 Å². The fourth-order valence-electron chi connectivity index (χ4n) is 2.68. The highest BCUT2D eigenvalue weighted by Crippen LogP contribution is 2.29. The van der Waals surface area contributed by atoms with Crippen molar-refractivity contribution in [1.82, 2.24) is 5.32 Å². The van der Waals surface area contributed by atoms with E-state index in [2.05, 4.69) is 36.8 Å². The summed E-state index contributed by atoms with van der Waals surface area (Å²) in [5, 5.41) is 8.27. The number of hydrogen-bond donors (Lipinski definition) is 1. The van der Waals surface area contributed by atoms with Crippen LogP contribution in [0.2, 0.25) is 0 Å². The molecule has 0 bridgehead atoms. The van der Waals surface area contributed by atoms with Gasteiger partial charge in [-0.05, 0) is 47.1 Å². The lowest BCUT2D eigenvalue weighted by Gasteiger charge is -2.34. The van der Waals surface area contributed by atoms with E-state index in [1.54, 1.807) is 0 Å². The molecule has 1 N–H and O–H groups in total. The molecule has 0 aliphatic heterocycles. The second-order valence-electron chi connectivity index (χ2n) is 5.33. The summed E-state index contributed by atoms with van der Waals surface area (Å²) in [6.45, 7) is 8.06. The predicted molar refractivity (Wildman–Crippen MR) is 71.9 cm³/mol. The first-order valence-corrected chi connectivity index (χ1v) is 7.38. The molecule has 2 rings (SSSR count). The first kappa shape index (κ1) is 12.1. The van der Waals surface area contributed by atoms with Gasteiger partial charge in [0.1, 0.15) is 0 Å². The highest BCUT2D eigenvalue weighted by atomic mass is 32.1. The maximum atomic E-state index is 3.75. The Kier molecular flexibility index (Phi) is 4.04. The summed E-state index contributed by atoms with van der Waals surface area (Å²) < 4.78 is 0. The second-order valence-corrected chi connectivity index (χ2v) is 6.08. The van der Waals surface area contributed by atoms with Crippen LogP contribution >= 0.6 is 11.3 Å². The molecule has 1 aliphatic carbocycles. The van der Waals surface area contributed by atoms with Crippen molar-refractivity contribution in [2.24, 2.45) is 11.8 Å². The van der Waals surface area contributed by atoms with Crippen molar-refractivity contribution in [1.29, 1.82) is 0 Å². The Hall–Kier alpha value is -0.340. The van der Waals surface area contributed by atoms with E-state index < -0.39 is 0 Å². The van der Waals surface area contributed by atoms with Crippen LogP contribution in [0.15, 0.2) is 10.8 Å². The maximum Gasteiger partial charge on any atom is 0.0219 e. The fourth-order valence-corrected chi connectivity index (χ4v) is 3.54. The van der Waals surface area contributed by atoms with Crippen LogP contribution in [0, 0.1) is 18.8 Å². The Labute approximate surface area is 103 Å². The molecule has 3 atom stereocenters. The van der Waals surface area contributed by atoms with E-state index in [-0.39, 0.29) is 0 Å². The zero-order valence-corrected chi connectivity index (χ0v) is 11.4. The molecule has 0 amide bonds. The quantitative estimate of drug-likeness (QED) is 0.838. The van der Waals surface area contributed by atoms with E-state index in [1.165, 1.54) is 30.4 Å². The van der Waals surface area contributed by atoms with Crippen molar-refractivity contribution < 1.29 is 0 Å². The van der Waals surface area contributed by atoms with Crippen LogP contribution in [-0.2, 0) is 6.54 Å². The molecule has 1 heterocycles. The number of nitrogens with one attached hydrogen (secondary N) is 1. The van der Waals surface area contributed by atoms with Crippen LogP contribution in [-0.4, -0.2) is 6.04 Å². The Balaban J connectivity index is 1.88. The Morgan fingerprint density at radius 2 is 2.12 bits per heavy atom. The summed E-state index contributed by atoms with van der Waals surface area (Å²) in [6, 6.07) is 0.725. The van der Waals surface area contributed by atoms with Gasteiger partial charge in [-0.25, -0.2) is 0 Å². The minimum absolute atomic E-state index is 0.725. The van der Waals surface area contributed by atoms with Crippen LogP contribution in [0.5, 0.6) is 0 Å². The molecule has 1 fully saturated rings. The summed E-state index contributed by atoms with van der Waals surface area (Å²) in [5.41, 5.74) is 2.92. The number of rotatable bonds is 3. The van der Waals surface area contributed by atoms with E-state index in [0.717, 1.165) is 24.4 Å². The summed E-state index contributed by atoms with van der Waals surface area (Å²) in [7, 11) is 0. The molecular weight excluding hydrogens is 214 g/mol. The largest absolute Gasteiger partial charge is 0.310 e. The highest BCUT2D eigenvalue weighted by Gasteiger charge is 2.26. The third-order valence-electron chi connectivity index (χ3n) is 4.22. The summed E-state index contributed by atoms with van der Waals surface area (Å²) >= 11 is 1.81. The molecule has 0 radical (unpaired) electrons. The van der Waals surface area contributed by atoms with Gasteiger partial charge in [-0.2, -0.15) is 11.3 Å². The lowest BCUT2D eigenvalue weighted by molar-refractivity contribution is 0.206. The number of thiophene rings is 1. The van der Waals surface area contributed by atoms with Gasteiger partial charge in [0.05, 0.1) is 0 Å². The molecule has 2 heteroatoms.